The Labute approximate surface area is 140 Å². The van der Waals surface area contributed by atoms with E-state index in [4.69, 9.17) is 4.74 Å². The zero-order valence-electron chi connectivity index (χ0n) is 13.2. The van der Waals surface area contributed by atoms with Crippen LogP contribution in [0.4, 0.5) is 15.6 Å². The van der Waals surface area contributed by atoms with Crippen LogP contribution in [-0.4, -0.2) is 18.1 Å². The molecule has 23 heavy (non-hydrogen) atoms. The third kappa shape index (κ3) is 4.22. The van der Waals surface area contributed by atoms with Crippen LogP contribution in [-0.2, 0) is 12.8 Å². The van der Waals surface area contributed by atoms with E-state index in [2.05, 4.69) is 15.6 Å². The number of benzene rings is 1. The highest BCUT2D eigenvalue weighted by molar-refractivity contribution is 7.15. The molecule has 0 bridgehead atoms. The van der Waals surface area contributed by atoms with E-state index >= 15 is 0 Å². The molecule has 0 aliphatic heterocycles. The van der Waals surface area contributed by atoms with Crippen molar-refractivity contribution in [3.8, 4) is 5.75 Å². The minimum Gasteiger partial charge on any atom is -0.497 e. The van der Waals surface area contributed by atoms with Crippen LogP contribution < -0.4 is 15.4 Å². The number of rotatable bonds is 3. The number of carbonyl (C=O) groups is 1. The maximum absolute atomic E-state index is 12.1. The Morgan fingerprint density at radius 3 is 2.57 bits per heavy atom. The Morgan fingerprint density at radius 2 is 1.83 bits per heavy atom. The predicted molar refractivity (Wildman–Crippen MR) is 93.6 cm³/mol. The molecule has 0 saturated heterocycles. The minimum atomic E-state index is -0.267. The quantitative estimate of drug-likeness (QED) is 0.873. The summed E-state index contributed by atoms with van der Waals surface area (Å²) in [5.74, 6) is 0.760. The smallest absolute Gasteiger partial charge is 0.325 e. The fraction of sp³-hybridized carbons (Fsp3) is 0.412. The molecule has 0 fully saturated rings. The number of thiazole rings is 1. The largest absolute Gasteiger partial charge is 0.497 e. The van der Waals surface area contributed by atoms with Gasteiger partial charge in [-0.25, -0.2) is 9.78 Å². The van der Waals surface area contributed by atoms with Crippen LogP contribution >= 0.6 is 11.3 Å². The zero-order chi connectivity index (χ0) is 16.1. The van der Waals surface area contributed by atoms with Crippen molar-refractivity contribution in [1.29, 1.82) is 0 Å². The first-order chi connectivity index (χ1) is 11.2. The van der Waals surface area contributed by atoms with Crippen molar-refractivity contribution in [3.05, 3.63) is 34.8 Å². The molecular formula is C17H21N3O2S. The van der Waals surface area contributed by atoms with E-state index in [0.717, 1.165) is 30.0 Å². The molecule has 1 aromatic carbocycles. The number of hydrogen-bond acceptors (Lipinski definition) is 4. The van der Waals surface area contributed by atoms with Crippen LogP contribution in [0.25, 0.3) is 0 Å². The van der Waals surface area contributed by atoms with Crippen LogP contribution in [0.3, 0.4) is 0 Å². The lowest BCUT2D eigenvalue weighted by molar-refractivity contribution is 0.262. The molecule has 0 radical (unpaired) electrons. The van der Waals surface area contributed by atoms with E-state index in [0.29, 0.717) is 5.13 Å². The Morgan fingerprint density at radius 1 is 1.09 bits per heavy atom. The first kappa shape index (κ1) is 15.8. The molecule has 0 atom stereocenters. The lowest BCUT2D eigenvalue weighted by Crippen LogP contribution is -2.19. The van der Waals surface area contributed by atoms with Crippen LogP contribution in [0.2, 0.25) is 0 Å². The van der Waals surface area contributed by atoms with Gasteiger partial charge in [-0.1, -0.05) is 12.8 Å². The second-order valence-corrected chi connectivity index (χ2v) is 6.69. The van der Waals surface area contributed by atoms with Crippen LogP contribution in [0.1, 0.15) is 36.3 Å². The molecule has 2 amide bonds. The molecule has 1 aliphatic carbocycles. The third-order valence-corrected chi connectivity index (χ3v) is 4.99. The molecule has 1 heterocycles. The van der Waals surface area contributed by atoms with Gasteiger partial charge in [0, 0.05) is 10.6 Å². The highest BCUT2D eigenvalue weighted by Crippen LogP contribution is 2.28. The van der Waals surface area contributed by atoms with Crippen LogP contribution in [0.5, 0.6) is 5.75 Å². The van der Waals surface area contributed by atoms with E-state index in [1.54, 1.807) is 30.6 Å². The fourth-order valence-electron chi connectivity index (χ4n) is 2.69. The van der Waals surface area contributed by atoms with Gasteiger partial charge in [-0.2, -0.15) is 0 Å². The standard InChI is InChI=1S/C17H21N3O2S/c1-22-13-10-8-12(9-11-13)18-16(21)20-17-19-14-6-4-2-3-5-7-15(14)23-17/h8-11H,2-7H2,1H3,(H2,18,19,20,21). The average Bonchev–Trinajstić information content (AvgIpc) is 2.89. The first-order valence-electron chi connectivity index (χ1n) is 7.95. The number of urea groups is 1. The predicted octanol–water partition coefficient (Wildman–Crippen LogP) is 4.45. The molecule has 0 spiro atoms. The van der Waals surface area contributed by atoms with Crippen LogP contribution in [0, 0.1) is 0 Å². The average molecular weight is 331 g/mol. The highest BCUT2D eigenvalue weighted by Gasteiger charge is 2.14. The molecule has 2 aromatic rings. The fourth-order valence-corrected chi connectivity index (χ4v) is 3.74. The number of nitrogens with one attached hydrogen (secondary N) is 2. The van der Waals surface area contributed by atoms with Gasteiger partial charge in [0.15, 0.2) is 5.13 Å². The molecule has 2 N–H and O–H groups in total. The summed E-state index contributed by atoms with van der Waals surface area (Å²) in [6.45, 7) is 0. The van der Waals surface area contributed by atoms with Crippen molar-refractivity contribution >= 4 is 28.2 Å². The van der Waals surface area contributed by atoms with Crippen LogP contribution in [0.15, 0.2) is 24.3 Å². The van der Waals surface area contributed by atoms with E-state index in [-0.39, 0.29) is 6.03 Å². The minimum absolute atomic E-state index is 0.267. The topological polar surface area (TPSA) is 63.2 Å². The van der Waals surface area contributed by atoms with Crippen molar-refractivity contribution in [2.45, 2.75) is 38.5 Å². The molecule has 0 saturated carbocycles. The molecular weight excluding hydrogens is 310 g/mol. The van der Waals surface area contributed by atoms with Gasteiger partial charge in [0.25, 0.3) is 0 Å². The second kappa shape index (κ2) is 7.46. The van der Waals surface area contributed by atoms with Gasteiger partial charge in [0.1, 0.15) is 5.75 Å². The number of nitrogens with zero attached hydrogens (tertiary/aromatic N) is 1. The molecule has 6 heteroatoms. The summed E-state index contributed by atoms with van der Waals surface area (Å²) in [5.41, 5.74) is 1.88. The van der Waals surface area contributed by atoms with E-state index < -0.39 is 0 Å². The number of anilines is 2. The maximum Gasteiger partial charge on any atom is 0.325 e. The monoisotopic (exact) mass is 331 g/mol. The summed E-state index contributed by atoms with van der Waals surface area (Å²) < 4.78 is 5.10. The number of methoxy groups -OCH3 is 1. The molecule has 1 aromatic heterocycles. The number of aryl methyl sites for hydroxylation is 2. The number of aromatic nitrogens is 1. The van der Waals surface area contributed by atoms with E-state index in [9.17, 15) is 4.79 Å². The molecule has 1 aliphatic rings. The number of fused-ring (bicyclic) bond motifs is 1. The Balaban J connectivity index is 1.61. The summed E-state index contributed by atoms with van der Waals surface area (Å²) in [5, 5.41) is 6.33. The number of amides is 2. The number of carbonyl (C=O) groups excluding carboxylic acids is 1. The molecule has 0 unspecified atom stereocenters. The lowest BCUT2D eigenvalue weighted by Gasteiger charge is -2.06. The van der Waals surface area contributed by atoms with E-state index in [1.807, 2.05) is 12.1 Å². The van der Waals surface area contributed by atoms with Gasteiger partial charge >= 0.3 is 6.03 Å². The van der Waals surface area contributed by atoms with Gasteiger partial charge in [0.05, 0.1) is 12.8 Å². The first-order valence-corrected chi connectivity index (χ1v) is 8.77. The summed E-state index contributed by atoms with van der Waals surface area (Å²) in [6.07, 6.45) is 7.07. The normalized spacial score (nSPS) is 14.3. The summed E-state index contributed by atoms with van der Waals surface area (Å²) >= 11 is 1.60. The summed E-state index contributed by atoms with van der Waals surface area (Å²) in [6, 6.07) is 6.96. The third-order valence-electron chi connectivity index (χ3n) is 3.91. The van der Waals surface area contributed by atoms with Gasteiger partial charge in [-0.3, -0.25) is 5.32 Å². The van der Waals surface area contributed by atoms with Crippen molar-refractivity contribution in [3.63, 3.8) is 0 Å². The Hall–Kier alpha value is -2.08. The van der Waals surface area contributed by atoms with Gasteiger partial charge in [-0.15, -0.1) is 11.3 Å². The molecule has 5 nitrogen and oxygen atoms in total. The van der Waals surface area contributed by atoms with Crippen molar-refractivity contribution in [2.24, 2.45) is 0 Å². The number of ether oxygens (including phenoxy) is 1. The van der Waals surface area contributed by atoms with Gasteiger partial charge in [-0.05, 0) is 49.9 Å². The van der Waals surface area contributed by atoms with E-state index in [1.165, 1.54) is 30.6 Å². The van der Waals surface area contributed by atoms with Crippen molar-refractivity contribution < 1.29 is 9.53 Å². The second-order valence-electron chi connectivity index (χ2n) is 5.61. The summed E-state index contributed by atoms with van der Waals surface area (Å²) in [7, 11) is 1.61. The Bertz CT molecular complexity index is 641. The van der Waals surface area contributed by atoms with Gasteiger partial charge in [0.2, 0.25) is 0 Å². The number of hydrogen-bond donors (Lipinski definition) is 2. The highest BCUT2D eigenvalue weighted by atomic mass is 32.1. The van der Waals surface area contributed by atoms with Crippen molar-refractivity contribution in [2.75, 3.05) is 17.7 Å². The van der Waals surface area contributed by atoms with Crippen molar-refractivity contribution in [1.82, 2.24) is 4.98 Å². The molecule has 122 valence electrons. The lowest BCUT2D eigenvalue weighted by atomic mass is 10.0. The SMILES string of the molecule is COc1ccc(NC(=O)Nc2nc3c(s2)CCCCCC3)cc1. The van der Waals surface area contributed by atoms with Gasteiger partial charge < -0.3 is 10.1 Å². The Kier molecular flexibility index (Phi) is 5.12. The zero-order valence-corrected chi connectivity index (χ0v) is 14.0. The maximum atomic E-state index is 12.1. The summed E-state index contributed by atoms with van der Waals surface area (Å²) in [4.78, 5) is 18.0. The molecule has 3 rings (SSSR count).